The van der Waals surface area contributed by atoms with E-state index >= 15 is 0 Å². The summed E-state index contributed by atoms with van der Waals surface area (Å²) in [6, 6.07) is 6.16. The number of hydrogen-bond donors (Lipinski definition) is 1. The molecule has 1 atom stereocenters. The standard InChI is InChI=1S/C11H15N3O4S/c1-19(17,18)12-9-6-7-13(8-9)10-2-4-11(5-3-10)14(15)16/h2-5,9,12H,6-8H2,1H3. The van der Waals surface area contributed by atoms with Gasteiger partial charge in [0.1, 0.15) is 0 Å². The second kappa shape index (κ2) is 5.14. The molecule has 1 saturated heterocycles. The predicted octanol–water partition coefficient (Wildman–Crippen LogP) is 0.723. The van der Waals surface area contributed by atoms with Crippen LogP contribution in [0.2, 0.25) is 0 Å². The molecule has 1 aliphatic heterocycles. The Hall–Kier alpha value is -1.67. The van der Waals surface area contributed by atoms with E-state index in [9.17, 15) is 18.5 Å². The summed E-state index contributed by atoms with van der Waals surface area (Å²) in [6.45, 7) is 1.30. The Labute approximate surface area is 111 Å². The number of nitrogens with zero attached hydrogens (tertiary/aromatic N) is 2. The minimum Gasteiger partial charge on any atom is -0.370 e. The van der Waals surface area contributed by atoms with Gasteiger partial charge in [0.25, 0.3) is 5.69 Å². The normalized spacial score (nSPS) is 19.6. The van der Waals surface area contributed by atoms with Crippen molar-refractivity contribution < 1.29 is 13.3 Å². The number of anilines is 1. The highest BCUT2D eigenvalue weighted by atomic mass is 32.2. The molecule has 2 rings (SSSR count). The van der Waals surface area contributed by atoms with Crippen LogP contribution in [0.3, 0.4) is 0 Å². The quantitative estimate of drug-likeness (QED) is 0.650. The van der Waals surface area contributed by atoms with Gasteiger partial charge in [0.05, 0.1) is 11.2 Å². The summed E-state index contributed by atoms with van der Waals surface area (Å²) in [4.78, 5) is 12.1. The summed E-state index contributed by atoms with van der Waals surface area (Å²) in [5.74, 6) is 0. The van der Waals surface area contributed by atoms with Gasteiger partial charge in [0, 0.05) is 37.0 Å². The zero-order valence-electron chi connectivity index (χ0n) is 10.4. The Morgan fingerprint density at radius 1 is 1.37 bits per heavy atom. The fourth-order valence-electron chi connectivity index (χ4n) is 2.18. The second-order valence-electron chi connectivity index (χ2n) is 4.60. The van der Waals surface area contributed by atoms with E-state index in [1.165, 1.54) is 12.1 Å². The zero-order chi connectivity index (χ0) is 14.0. The summed E-state index contributed by atoms with van der Waals surface area (Å²) in [5.41, 5.74) is 0.914. The van der Waals surface area contributed by atoms with Gasteiger partial charge in [-0.15, -0.1) is 0 Å². The number of rotatable bonds is 4. The lowest BCUT2D eigenvalue weighted by Crippen LogP contribution is -2.36. The minimum atomic E-state index is -3.20. The van der Waals surface area contributed by atoms with Crippen LogP contribution in [0.25, 0.3) is 0 Å². The third kappa shape index (κ3) is 3.65. The molecule has 104 valence electrons. The number of sulfonamides is 1. The number of nitrogens with one attached hydrogen (secondary N) is 1. The lowest BCUT2D eigenvalue weighted by atomic mass is 10.2. The zero-order valence-corrected chi connectivity index (χ0v) is 11.3. The third-order valence-corrected chi connectivity index (χ3v) is 3.76. The van der Waals surface area contributed by atoms with E-state index in [4.69, 9.17) is 0 Å². The molecule has 1 fully saturated rings. The fraction of sp³-hybridized carbons (Fsp3) is 0.455. The smallest absolute Gasteiger partial charge is 0.269 e. The van der Waals surface area contributed by atoms with Crippen LogP contribution in [-0.2, 0) is 10.0 Å². The molecule has 0 aliphatic carbocycles. The van der Waals surface area contributed by atoms with Gasteiger partial charge in [-0.3, -0.25) is 10.1 Å². The molecular weight excluding hydrogens is 270 g/mol. The van der Waals surface area contributed by atoms with Gasteiger partial charge >= 0.3 is 0 Å². The van der Waals surface area contributed by atoms with Gasteiger partial charge in [-0.1, -0.05) is 0 Å². The van der Waals surface area contributed by atoms with Crippen molar-refractivity contribution in [3.05, 3.63) is 34.4 Å². The number of nitro benzene ring substituents is 1. The number of nitro groups is 1. The van der Waals surface area contributed by atoms with E-state index in [-0.39, 0.29) is 11.7 Å². The molecule has 19 heavy (non-hydrogen) atoms. The first-order valence-corrected chi connectivity index (χ1v) is 7.71. The van der Waals surface area contributed by atoms with E-state index in [1.54, 1.807) is 12.1 Å². The van der Waals surface area contributed by atoms with Crippen molar-refractivity contribution in [1.29, 1.82) is 0 Å². The molecular formula is C11H15N3O4S. The Balaban J connectivity index is 2.02. The number of non-ortho nitro benzene ring substituents is 1. The molecule has 1 unspecified atom stereocenters. The molecule has 0 saturated carbocycles. The first-order valence-electron chi connectivity index (χ1n) is 5.82. The van der Waals surface area contributed by atoms with Crippen LogP contribution in [0, 0.1) is 10.1 Å². The molecule has 8 heteroatoms. The van der Waals surface area contributed by atoms with Crippen molar-refractivity contribution in [3.8, 4) is 0 Å². The Kier molecular flexibility index (Phi) is 3.72. The van der Waals surface area contributed by atoms with Gasteiger partial charge < -0.3 is 4.90 Å². The maximum Gasteiger partial charge on any atom is 0.269 e. The van der Waals surface area contributed by atoms with Gasteiger partial charge in [-0.05, 0) is 18.6 Å². The largest absolute Gasteiger partial charge is 0.370 e. The lowest BCUT2D eigenvalue weighted by Gasteiger charge is -2.18. The Morgan fingerprint density at radius 3 is 2.53 bits per heavy atom. The van der Waals surface area contributed by atoms with Crippen LogP contribution in [0.1, 0.15) is 6.42 Å². The highest BCUT2D eigenvalue weighted by Gasteiger charge is 2.25. The van der Waals surface area contributed by atoms with Crippen molar-refractivity contribution >= 4 is 21.4 Å². The first kappa shape index (κ1) is 13.8. The van der Waals surface area contributed by atoms with Crippen LogP contribution in [0.15, 0.2) is 24.3 Å². The predicted molar refractivity (Wildman–Crippen MR) is 71.7 cm³/mol. The highest BCUT2D eigenvalue weighted by Crippen LogP contribution is 2.23. The van der Waals surface area contributed by atoms with Crippen molar-refractivity contribution in [2.24, 2.45) is 0 Å². The summed E-state index contributed by atoms with van der Waals surface area (Å²) >= 11 is 0. The molecule has 7 nitrogen and oxygen atoms in total. The summed E-state index contributed by atoms with van der Waals surface area (Å²) in [7, 11) is -3.20. The molecule has 0 aromatic heterocycles. The maximum absolute atomic E-state index is 11.1. The van der Waals surface area contributed by atoms with Crippen LogP contribution < -0.4 is 9.62 Å². The average molecular weight is 285 g/mol. The van der Waals surface area contributed by atoms with E-state index in [1.807, 2.05) is 4.90 Å². The Morgan fingerprint density at radius 2 is 2.00 bits per heavy atom. The van der Waals surface area contributed by atoms with Crippen molar-refractivity contribution in [2.75, 3.05) is 24.2 Å². The average Bonchev–Trinajstić information content (AvgIpc) is 2.75. The second-order valence-corrected chi connectivity index (χ2v) is 6.38. The van der Waals surface area contributed by atoms with E-state index in [0.29, 0.717) is 6.54 Å². The van der Waals surface area contributed by atoms with Crippen LogP contribution in [0.5, 0.6) is 0 Å². The van der Waals surface area contributed by atoms with Gasteiger partial charge in [-0.2, -0.15) is 0 Å². The minimum absolute atomic E-state index is 0.0498. The SMILES string of the molecule is CS(=O)(=O)NC1CCN(c2ccc([N+](=O)[O-])cc2)C1. The van der Waals surface area contributed by atoms with Gasteiger partial charge in [0.15, 0.2) is 0 Å². The van der Waals surface area contributed by atoms with Crippen LogP contribution in [-0.4, -0.2) is 38.7 Å². The molecule has 1 N–H and O–H groups in total. The molecule has 0 spiro atoms. The molecule has 0 bridgehead atoms. The molecule has 1 aromatic carbocycles. The third-order valence-electron chi connectivity index (χ3n) is 2.99. The Bertz CT molecular complexity index is 570. The molecule has 0 amide bonds. The first-order chi connectivity index (χ1) is 8.85. The van der Waals surface area contributed by atoms with E-state index in [2.05, 4.69) is 4.72 Å². The van der Waals surface area contributed by atoms with Crippen molar-refractivity contribution in [2.45, 2.75) is 12.5 Å². The van der Waals surface area contributed by atoms with Crippen molar-refractivity contribution in [3.63, 3.8) is 0 Å². The highest BCUT2D eigenvalue weighted by molar-refractivity contribution is 7.88. The number of benzene rings is 1. The number of hydrogen-bond acceptors (Lipinski definition) is 5. The van der Waals surface area contributed by atoms with Crippen LogP contribution >= 0.6 is 0 Å². The van der Waals surface area contributed by atoms with Crippen molar-refractivity contribution in [1.82, 2.24) is 4.72 Å². The monoisotopic (exact) mass is 285 g/mol. The summed E-state index contributed by atoms with van der Waals surface area (Å²) in [5, 5.41) is 10.6. The molecule has 1 aromatic rings. The van der Waals surface area contributed by atoms with Gasteiger partial charge in [0.2, 0.25) is 10.0 Å². The lowest BCUT2D eigenvalue weighted by molar-refractivity contribution is -0.384. The topological polar surface area (TPSA) is 92.6 Å². The summed E-state index contributed by atoms with van der Waals surface area (Å²) < 4.78 is 24.9. The maximum atomic E-state index is 11.1. The van der Waals surface area contributed by atoms with Gasteiger partial charge in [-0.25, -0.2) is 13.1 Å². The summed E-state index contributed by atoms with van der Waals surface area (Å²) in [6.07, 6.45) is 1.87. The molecule has 1 heterocycles. The van der Waals surface area contributed by atoms with E-state index < -0.39 is 14.9 Å². The van der Waals surface area contributed by atoms with Crippen LogP contribution in [0.4, 0.5) is 11.4 Å². The fourth-order valence-corrected chi connectivity index (χ4v) is 2.98. The molecule has 0 radical (unpaired) electrons. The molecule has 1 aliphatic rings. The van der Waals surface area contributed by atoms with E-state index in [0.717, 1.165) is 24.9 Å².